The largest absolute Gasteiger partial charge is 0.497 e. The number of benzene rings is 2. The van der Waals surface area contributed by atoms with Crippen LogP contribution < -0.4 is 25.4 Å². The summed E-state index contributed by atoms with van der Waals surface area (Å²) in [6.45, 7) is 2.22. The molecular formula is C23H29N3O5S. The lowest BCUT2D eigenvalue weighted by molar-refractivity contribution is -0.125. The Bertz CT molecular complexity index is 888. The molecule has 0 saturated heterocycles. The average Bonchev–Trinajstić information content (AvgIpc) is 2.81. The van der Waals surface area contributed by atoms with Crippen LogP contribution in [0, 0.1) is 0 Å². The Balaban J connectivity index is 1.90. The summed E-state index contributed by atoms with van der Waals surface area (Å²) in [5, 5.41) is 8.08. The highest BCUT2D eigenvalue weighted by Gasteiger charge is 2.21. The Hall–Kier alpha value is -3.20. The zero-order valence-electron chi connectivity index (χ0n) is 18.5. The van der Waals surface area contributed by atoms with Gasteiger partial charge in [0.05, 0.1) is 20.3 Å². The number of hydrogen-bond donors (Lipinski definition) is 3. The van der Waals surface area contributed by atoms with Crippen LogP contribution in [0.1, 0.15) is 23.7 Å². The van der Waals surface area contributed by atoms with Crippen molar-refractivity contribution < 1.29 is 23.9 Å². The number of nitrogens with one attached hydrogen (secondary N) is 3. The zero-order chi connectivity index (χ0) is 23.3. The second-order valence-electron chi connectivity index (χ2n) is 6.76. The third-order valence-electron chi connectivity index (χ3n) is 4.46. The van der Waals surface area contributed by atoms with Gasteiger partial charge in [0.25, 0.3) is 5.91 Å². The number of anilines is 1. The average molecular weight is 460 g/mol. The second-order valence-corrected chi connectivity index (χ2v) is 7.74. The second kappa shape index (κ2) is 13.3. The van der Waals surface area contributed by atoms with Crippen molar-refractivity contribution in [3.8, 4) is 11.5 Å². The van der Waals surface area contributed by atoms with E-state index in [4.69, 9.17) is 9.47 Å². The molecule has 0 aliphatic heterocycles. The summed E-state index contributed by atoms with van der Waals surface area (Å²) in [5.74, 6) is 0.889. The van der Waals surface area contributed by atoms with Crippen molar-refractivity contribution in [2.75, 3.05) is 37.6 Å². The molecule has 2 aromatic rings. The number of hydrogen-bond acceptors (Lipinski definition) is 6. The van der Waals surface area contributed by atoms with Crippen LogP contribution >= 0.6 is 11.8 Å². The van der Waals surface area contributed by atoms with Crippen LogP contribution in [0.3, 0.4) is 0 Å². The number of amides is 3. The van der Waals surface area contributed by atoms with E-state index in [0.717, 1.165) is 0 Å². The zero-order valence-corrected chi connectivity index (χ0v) is 19.3. The van der Waals surface area contributed by atoms with E-state index in [9.17, 15) is 14.4 Å². The molecule has 172 valence electrons. The fourth-order valence-electron chi connectivity index (χ4n) is 2.79. The molecule has 32 heavy (non-hydrogen) atoms. The summed E-state index contributed by atoms with van der Waals surface area (Å²) >= 11 is 1.58. The molecule has 0 fully saturated rings. The van der Waals surface area contributed by atoms with E-state index >= 15 is 0 Å². The standard InChI is InChI=1S/C23H29N3O5S/c1-4-31-19-11-7-17(8-12-19)25-23(29)20(13-14-32-3)26-21(27)15-24-22(28)16-5-9-18(30-2)10-6-16/h5-12,20H,4,13-15H2,1-3H3,(H,24,28)(H,25,29)(H,26,27)/t20-/m1/s1. The van der Waals surface area contributed by atoms with E-state index in [-0.39, 0.29) is 18.4 Å². The molecule has 0 aliphatic carbocycles. The van der Waals surface area contributed by atoms with Gasteiger partial charge in [-0.3, -0.25) is 14.4 Å². The molecule has 0 aromatic heterocycles. The third-order valence-corrected chi connectivity index (χ3v) is 5.10. The van der Waals surface area contributed by atoms with Gasteiger partial charge in [-0.25, -0.2) is 0 Å². The highest BCUT2D eigenvalue weighted by atomic mass is 32.2. The molecule has 3 N–H and O–H groups in total. The molecule has 8 nitrogen and oxygen atoms in total. The molecule has 0 aliphatic rings. The minimum Gasteiger partial charge on any atom is -0.497 e. The van der Waals surface area contributed by atoms with Crippen LogP contribution in [0.25, 0.3) is 0 Å². The van der Waals surface area contributed by atoms with E-state index in [1.807, 2.05) is 13.2 Å². The van der Waals surface area contributed by atoms with Gasteiger partial charge in [0, 0.05) is 11.3 Å². The predicted molar refractivity (Wildman–Crippen MR) is 126 cm³/mol. The van der Waals surface area contributed by atoms with Crippen molar-refractivity contribution in [3.05, 3.63) is 54.1 Å². The first-order valence-corrected chi connectivity index (χ1v) is 11.6. The summed E-state index contributed by atoms with van der Waals surface area (Å²) in [7, 11) is 1.54. The van der Waals surface area contributed by atoms with E-state index < -0.39 is 11.9 Å². The summed E-state index contributed by atoms with van der Waals surface area (Å²) in [6.07, 6.45) is 2.39. The van der Waals surface area contributed by atoms with Crippen LogP contribution in [0.2, 0.25) is 0 Å². The Morgan fingerprint density at radius 3 is 2.25 bits per heavy atom. The van der Waals surface area contributed by atoms with Gasteiger partial charge in [-0.05, 0) is 73.9 Å². The van der Waals surface area contributed by atoms with Gasteiger partial charge in [-0.2, -0.15) is 11.8 Å². The van der Waals surface area contributed by atoms with E-state index in [1.165, 1.54) is 0 Å². The van der Waals surface area contributed by atoms with E-state index in [2.05, 4.69) is 16.0 Å². The number of thioether (sulfide) groups is 1. The molecule has 0 heterocycles. The fraction of sp³-hybridized carbons (Fsp3) is 0.348. The van der Waals surface area contributed by atoms with Crippen molar-refractivity contribution in [2.45, 2.75) is 19.4 Å². The van der Waals surface area contributed by atoms with Crippen molar-refractivity contribution in [3.63, 3.8) is 0 Å². The molecule has 0 bridgehead atoms. The molecule has 0 unspecified atom stereocenters. The number of ether oxygens (including phenoxy) is 2. The minimum atomic E-state index is -0.723. The highest BCUT2D eigenvalue weighted by molar-refractivity contribution is 7.98. The number of rotatable bonds is 12. The van der Waals surface area contributed by atoms with Crippen LogP contribution in [-0.2, 0) is 9.59 Å². The van der Waals surface area contributed by atoms with Crippen molar-refractivity contribution >= 4 is 35.2 Å². The first-order valence-electron chi connectivity index (χ1n) is 10.2. The molecule has 0 saturated carbocycles. The normalized spacial score (nSPS) is 11.2. The topological polar surface area (TPSA) is 106 Å². The first kappa shape index (κ1) is 25.1. The molecule has 9 heteroatoms. The van der Waals surface area contributed by atoms with Gasteiger partial charge in [-0.1, -0.05) is 0 Å². The smallest absolute Gasteiger partial charge is 0.251 e. The SMILES string of the molecule is CCOc1ccc(NC(=O)[C@@H](CCSC)NC(=O)CNC(=O)c2ccc(OC)cc2)cc1. The Labute approximate surface area is 192 Å². The highest BCUT2D eigenvalue weighted by Crippen LogP contribution is 2.16. The van der Waals surface area contributed by atoms with Crippen LogP contribution in [0.4, 0.5) is 5.69 Å². The molecular weight excluding hydrogens is 430 g/mol. The molecule has 3 amide bonds. The van der Waals surface area contributed by atoms with Crippen LogP contribution in [0.15, 0.2) is 48.5 Å². The maximum Gasteiger partial charge on any atom is 0.251 e. The number of carbonyl (C=O) groups is 3. The van der Waals surface area contributed by atoms with Gasteiger partial charge in [0.2, 0.25) is 11.8 Å². The van der Waals surface area contributed by atoms with Gasteiger partial charge in [-0.15, -0.1) is 0 Å². The quantitative estimate of drug-likeness (QED) is 0.451. The van der Waals surface area contributed by atoms with Gasteiger partial charge < -0.3 is 25.4 Å². The maximum absolute atomic E-state index is 12.7. The van der Waals surface area contributed by atoms with Crippen molar-refractivity contribution in [2.24, 2.45) is 0 Å². The molecule has 1 atom stereocenters. The molecule has 2 aromatic carbocycles. The Morgan fingerprint density at radius 2 is 1.66 bits per heavy atom. The van der Waals surface area contributed by atoms with Crippen molar-refractivity contribution in [1.29, 1.82) is 0 Å². The van der Waals surface area contributed by atoms with Gasteiger partial charge >= 0.3 is 0 Å². The summed E-state index contributed by atoms with van der Waals surface area (Å²) < 4.78 is 10.5. The molecule has 0 spiro atoms. The number of carbonyl (C=O) groups excluding carboxylic acids is 3. The van der Waals surface area contributed by atoms with Crippen LogP contribution in [0.5, 0.6) is 11.5 Å². The maximum atomic E-state index is 12.7. The van der Waals surface area contributed by atoms with Crippen molar-refractivity contribution in [1.82, 2.24) is 10.6 Å². The summed E-state index contributed by atoms with van der Waals surface area (Å²) in [4.78, 5) is 37.3. The fourth-order valence-corrected chi connectivity index (χ4v) is 3.26. The van der Waals surface area contributed by atoms with Gasteiger partial charge in [0.15, 0.2) is 0 Å². The minimum absolute atomic E-state index is 0.239. The predicted octanol–water partition coefficient (Wildman–Crippen LogP) is 2.70. The van der Waals surface area contributed by atoms with Crippen LogP contribution in [-0.4, -0.2) is 56.0 Å². The molecule has 2 rings (SSSR count). The van der Waals surface area contributed by atoms with E-state index in [1.54, 1.807) is 67.4 Å². The Kier molecular flexibility index (Phi) is 10.4. The summed E-state index contributed by atoms with van der Waals surface area (Å²) in [6, 6.07) is 12.8. The molecule has 0 radical (unpaired) electrons. The number of methoxy groups -OCH3 is 1. The van der Waals surface area contributed by atoms with Gasteiger partial charge in [0.1, 0.15) is 17.5 Å². The monoisotopic (exact) mass is 459 g/mol. The van der Waals surface area contributed by atoms with E-state index in [0.29, 0.717) is 41.5 Å². The Morgan fingerprint density at radius 1 is 1.00 bits per heavy atom. The lowest BCUT2D eigenvalue weighted by Gasteiger charge is -2.18. The third kappa shape index (κ3) is 8.14. The lowest BCUT2D eigenvalue weighted by Crippen LogP contribution is -2.47. The first-order chi connectivity index (χ1) is 15.5. The lowest BCUT2D eigenvalue weighted by atomic mass is 10.2. The summed E-state index contributed by atoms with van der Waals surface area (Å²) in [5.41, 5.74) is 1.01.